The molecule has 20 heavy (non-hydrogen) atoms. The van der Waals surface area contributed by atoms with Crippen molar-refractivity contribution in [3.63, 3.8) is 0 Å². The number of carbonyl (C=O) groups is 2. The second-order valence-electron chi connectivity index (χ2n) is 4.86. The van der Waals surface area contributed by atoms with Gasteiger partial charge in [0.15, 0.2) is 0 Å². The summed E-state index contributed by atoms with van der Waals surface area (Å²) >= 11 is 0. The first kappa shape index (κ1) is 14.5. The zero-order valence-electron chi connectivity index (χ0n) is 11.3. The lowest BCUT2D eigenvalue weighted by Crippen LogP contribution is -2.28. The second kappa shape index (κ2) is 7.05. The lowest BCUT2D eigenvalue weighted by Gasteiger charge is -2.25. The summed E-state index contributed by atoms with van der Waals surface area (Å²) in [5, 5.41) is 11.3. The van der Waals surface area contributed by atoms with E-state index in [1.165, 1.54) is 5.56 Å². The van der Waals surface area contributed by atoms with Crippen LogP contribution in [0.15, 0.2) is 24.3 Å². The maximum Gasteiger partial charge on any atom is 0.303 e. The van der Waals surface area contributed by atoms with E-state index in [0.29, 0.717) is 19.6 Å². The highest BCUT2D eigenvalue weighted by Gasteiger charge is 2.22. The van der Waals surface area contributed by atoms with E-state index in [-0.39, 0.29) is 24.9 Å². The SMILES string of the molecule is O=C(O)CCCNC(=O)CC1OCCc2ccccc21. The normalized spacial score (nSPS) is 17.3. The number of rotatable bonds is 6. The first-order valence-corrected chi connectivity index (χ1v) is 6.84. The molecular formula is C15H19NO4. The number of aliphatic carboxylic acids is 1. The number of carbonyl (C=O) groups excluding carboxylic acids is 1. The van der Waals surface area contributed by atoms with Crippen LogP contribution in [0.5, 0.6) is 0 Å². The van der Waals surface area contributed by atoms with Gasteiger partial charge in [-0.2, -0.15) is 0 Å². The van der Waals surface area contributed by atoms with Crippen LogP contribution in [-0.4, -0.2) is 30.1 Å². The minimum Gasteiger partial charge on any atom is -0.481 e. The molecule has 0 fully saturated rings. The Morgan fingerprint density at radius 1 is 1.35 bits per heavy atom. The van der Waals surface area contributed by atoms with E-state index in [1.54, 1.807) is 0 Å². The third-order valence-electron chi connectivity index (χ3n) is 3.35. The summed E-state index contributed by atoms with van der Waals surface area (Å²) in [6, 6.07) is 8.00. The quantitative estimate of drug-likeness (QED) is 0.776. The third kappa shape index (κ3) is 4.06. The third-order valence-corrected chi connectivity index (χ3v) is 3.35. The van der Waals surface area contributed by atoms with Gasteiger partial charge in [0.25, 0.3) is 0 Å². The Morgan fingerprint density at radius 3 is 2.95 bits per heavy atom. The van der Waals surface area contributed by atoms with E-state index >= 15 is 0 Å². The minimum absolute atomic E-state index is 0.0725. The zero-order chi connectivity index (χ0) is 14.4. The average molecular weight is 277 g/mol. The predicted octanol–water partition coefficient (Wildman–Crippen LogP) is 1.67. The van der Waals surface area contributed by atoms with E-state index in [0.717, 1.165) is 12.0 Å². The van der Waals surface area contributed by atoms with E-state index < -0.39 is 5.97 Å². The summed E-state index contributed by atoms with van der Waals surface area (Å²) < 4.78 is 5.66. The molecular weight excluding hydrogens is 258 g/mol. The predicted molar refractivity (Wildman–Crippen MR) is 73.3 cm³/mol. The number of amides is 1. The molecule has 1 heterocycles. The van der Waals surface area contributed by atoms with Crippen molar-refractivity contribution in [2.75, 3.05) is 13.2 Å². The van der Waals surface area contributed by atoms with Crippen molar-refractivity contribution in [3.05, 3.63) is 35.4 Å². The summed E-state index contributed by atoms with van der Waals surface area (Å²) in [5.74, 6) is -0.944. The van der Waals surface area contributed by atoms with Gasteiger partial charge in [0.05, 0.1) is 19.1 Å². The number of carboxylic acid groups (broad SMARTS) is 1. The van der Waals surface area contributed by atoms with Gasteiger partial charge >= 0.3 is 5.97 Å². The molecule has 1 aliphatic rings. The average Bonchev–Trinajstić information content (AvgIpc) is 2.44. The van der Waals surface area contributed by atoms with Gasteiger partial charge in [-0.05, 0) is 24.0 Å². The first-order valence-electron chi connectivity index (χ1n) is 6.84. The second-order valence-corrected chi connectivity index (χ2v) is 4.86. The molecule has 0 radical (unpaired) electrons. The van der Waals surface area contributed by atoms with Crippen LogP contribution in [0.3, 0.4) is 0 Å². The molecule has 0 spiro atoms. The Kier molecular flexibility index (Phi) is 5.12. The molecule has 1 aromatic carbocycles. The molecule has 1 unspecified atom stereocenters. The number of fused-ring (bicyclic) bond motifs is 1. The van der Waals surface area contributed by atoms with Crippen LogP contribution in [0.25, 0.3) is 0 Å². The number of benzene rings is 1. The lowest BCUT2D eigenvalue weighted by molar-refractivity contribution is -0.137. The highest BCUT2D eigenvalue weighted by molar-refractivity contribution is 5.76. The maximum atomic E-state index is 11.8. The summed E-state index contributed by atoms with van der Waals surface area (Å²) in [6.45, 7) is 1.02. The Bertz CT molecular complexity index is 487. The van der Waals surface area contributed by atoms with Crippen molar-refractivity contribution in [1.29, 1.82) is 0 Å². The van der Waals surface area contributed by atoms with E-state index in [2.05, 4.69) is 11.4 Å². The maximum absolute atomic E-state index is 11.8. The first-order chi connectivity index (χ1) is 9.66. The molecule has 1 aliphatic heterocycles. The van der Waals surface area contributed by atoms with Crippen LogP contribution in [0.4, 0.5) is 0 Å². The van der Waals surface area contributed by atoms with Crippen LogP contribution in [0.2, 0.25) is 0 Å². The van der Waals surface area contributed by atoms with Crippen LogP contribution >= 0.6 is 0 Å². The highest BCUT2D eigenvalue weighted by atomic mass is 16.5. The van der Waals surface area contributed by atoms with Crippen LogP contribution in [0.1, 0.15) is 36.5 Å². The van der Waals surface area contributed by atoms with Crippen LogP contribution < -0.4 is 5.32 Å². The molecule has 2 rings (SSSR count). The fourth-order valence-electron chi connectivity index (χ4n) is 2.35. The molecule has 5 heteroatoms. The Balaban J connectivity index is 1.82. The number of carboxylic acids is 1. The molecule has 1 amide bonds. The number of hydrogen-bond acceptors (Lipinski definition) is 3. The molecule has 5 nitrogen and oxygen atoms in total. The summed E-state index contributed by atoms with van der Waals surface area (Å²) in [7, 11) is 0. The van der Waals surface area contributed by atoms with Crippen molar-refractivity contribution in [1.82, 2.24) is 5.32 Å². The molecule has 2 N–H and O–H groups in total. The topological polar surface area (TPSA) is 75.6 Å². The van der Waals surface area contributed by atoms with Gasteiger partial charge < -0.3 is 15.2 Å². The summed E-state index contributed by atoms with van der Waals surface area (Å²) in [5.41, 5.74) is 2.32. The van der Waals surface area contributed by atoms with Gasteiger partial charge in [-0.15, -0.1) is 0 Å². The fraction of sp³-hybridized carbons (Fsp3) is 0.467. The standard InChI is InChI=1S/C15H19NO4/c17-14(16-8-3-6-15(18)19)10-13-12-5-2-1-4-11(12)7-9-20-13/h1-2,4-5,13H,3,6-10H2,(H,16,17)(H,18,19). The smallest absolute Gasteiger partial charge is 0.303 e. The van der Waals surface area contributed by atoms with Crippen molar-refractivity contribution in [2.24, 2.45) is 0 Å². The molecule has 1 aromatic rings. The van der Waals surface area contributed by atoms with Gasteiger partial charge in [-0.25, -0.2) is 0 Å². The fourth-order valence-corrected chi connectivity index (χ4v) is 2.35. The zero-order valence-corrected chi connectivity index (χ0v) is 11.3. The molecule has 0 bridgehead atoms. The van der Waals surface area contributed by atoms with Crippen molar-refractivity contribution >= 4 is 11.9 Å². The minimum atomic E-state index is -0.844. The summed E-state index contributed by atoms with van der Waals surface area (Å²) in [4.78, 5) is 22.2. The number of hydrogen-bond donors (Lipinski definition) is 2. The van der Waals surface area contributed by atoms with E-state index in [9.17, 15) is 9.59 Å². The van der Waals surface area contributed by atoms with Crippen LogP contribution in [0, 0.1) is 0 Å². The molecule has 108 valence electrons. The monoisotopic (exact) mass is 277 g/mol. The number of ether oxygens (including phenoxy) is 1. The largest absolute Gasteiger partial charge is 0.481 e. The van der Waals surface area contributed by atoms with E-state index in [4.69, 9.17) is 9.84 Å². The van der Waals surface area contributed by atoms with Gasteiger partial charge in [-0.3, -0.25) is 9.59 Å². The van der Waals surface area contributed by atoms with Crippen molar-refractivity contribution in [2.45, 2.75) is 31.8 Å². The molecule has 0 saturated heterocycles. The Hall–Kier alpha value is -1.88. The van der Waals surface area contributed by atoms with Crippen molar-refractivity contribution < 1.29 is 19.4 Å². The summed E-state index contributed by atoms with van der Waals surface area (Å²) in [6.07, 6.45) is 1.49. The Morgan fingerprint density at radius 2 is 2.15 bits per heavy atom. The van der Waals surface area contributed by atoms with Crippen LogP contribution in [-0.2, 0) is 20.7 Å². The van der Waals surface area contributed by atoms with Gasteiger partial charge in [0, 0.05) is 13.0 Å². The van der Waals surface area contributed by atoms with Crippen molar-refractivity contribution in [3.8, 4) is 0 Å². The van der Waals surface area contributed by atoms with Gasteiger partial charge in [0.1, 0.15) is 0 Å². The molecule has 0 aromatic heterocycles. The Labute approximate surface area is 117 Å². The lowest BCUT2D eigenvalue weighted by atomic mass is 9.95. The van der Waals surface area contributed by atoms with Gasteiger partial charge in [0.2, 0.25) is 5.91 Å². The van der Waals surface area contributed by atoms with E-state index in [1.807, 2.05) is 18.2 Å². The number of nitrogens with one attached hydrogen (secondary N) is 1. The highest BCUT2D eigenvalue weighted by Crippen LogP contribution is 2.29. The molecule has 0 aliphatic carbocycles. The molecule has 0 saturated carbocycles. The molecule has 1 atom stereocenters. The van der Waals surface area contributed by atoms with Gasteiger partial charge in [-0.1, -0.05) is 24.3 Å².